The van der Waals surface area contributed by atoms with E-state index in [1.165, 1.54) is 38.3 Å². The first kappa shape index (κ1) is 42.4. The number of likely N-dealkylation sites (tertiary alicyclic amines) is 1. The number of nitrogens with zero attached hydrogens (tertiary/aromatic N) is 5. The van der Waals surface area contributed by atoms with Crippen LogP contribution in [-0.4, -0.2) is 88.6 Å². The first-order chi connectivity index (χ1) is 30.8. The molecule has 2 aliphatic heterocycles. The molecule has 0 unspecified atom stereocenters. The van der Waals surface area contributed by atoms with Crippen molar-refractivity contribution >= 4 is 44.2 Å². The Labute approximate surface area is 373 Å². The molecule has 3 aliphatic carbocycles. The Kier molecular flexibility index (Phi) is 11.1. The fourth-order valence-corrected chi connectivity index (χ4v) is 11.8. The summed E-state index contributed by atoms with van der Waals surface area (Å²) in [6.45, 7) is 6.09. The summed E-state index contributed by atoms with van der Waals surface area (Å²) in [7, 11) is -4.62. The van der Waals surface area contributed by atoms with E-state index in [1.54, 1.807) is 42.4 Å². The van der Waals surface area contributed by atoms with E-state index in [2.05, 4.69) is 59.1 Å². The highest BCUT2D eigenvalue weighted by atomic mass is 32.2. The number of fused-ring (bicyclic) bond motifs is 1. The number of H-pyrrole nitrogens is 1. The van der Waals surface area contributed by atoms with E-state index in [9.17, 15) is 28.4 Å². The van der Waals surface area contributed by atoms with Gasteiger partial charge in [0.1, 0.15) is 22.0 Å². The number of hydrogen-bond acceptors (Lipinski definition) is 12. The summed E-state index contributed by atoms with van der Waals surface area (Å²) in [5.74, 6) is 0.999. The highest BCUT2D eigenvalue weighted by molar-refractivity contribution is 7.90. The maximum absolute atomic E-state index is 14.0. The zero-order chi connectivity index (χ0) is 44.2. The molecule has 5 aliphatic rings. The number of carbonyl (C=O) groups is 1. The van der Waals surface area contributed by atoms with Crippen LogP contribution in [0.4, 0.5) is 17.2 Å². The van der Waals surface area contributed by atoms with Crippen molar-refractivity contribution in [3.8, 4) is 11.5 Å². The van der Waals surface area contributed by atoms with Gasteiger partial charge in [-0.05, 0) is 130 Å². The molecule has 1 spiro atoms. The fraction of sp³-hybridized carbons (Fsp3) is 0.479. The van der Waals surface area contributed by atoms with Crippen LogP contribution in [0.5, 0.6) is 11.5 Å². The summed E-state index contributed by atoms with van der Waals surface area (Å²) < 4.78 is 35.8. The Morgan fingerprint density at radius 2 is 1.72 bits per heavy atom. The lowest BCUT2D eigenvalue weighted by Gasteiger charge is -2.57. The van der Waals surface area contributed by atoms with Crippen LogP contribution < -0.4 is 19.7 Å². The predicted molar refractivity (Wildman–Crippen MR) is 243 cm³/mol. The molecule has 2 atom stereocenters. The maximum Gasteiger partial charge on any atom is 0.312 e. The van der Waals surface area contributed by atoms with Crippen molar-refractivity contribution in [3.63, 3.8) is 0 Å². The number of benzene rings is 2. The Balaban J connectivity index is 0.833. The monoisotopic (exact) mass is 888 g/mol. The third-order valence-corrected chi connectivity index (χ3v) is 16.1. The highest BCUT2D eigenvalue weighted by Crippen LogP contribution is 2.51. The second-order valence-electron chi connectivity index (χ2n) is 19.3. The Morgan fingerprint density at radius 3 is 2.47 bits per heavy atom. The second kappa shape index (κ2) is 16.8. The number of sulfonamides is 1. The number of nitrogens with one attached hydrogen (secondary N) is 3. The molecular weight excluding hydrogens is 833 g/mol. The molecule has 16 heteroatoms. The van der Waals surface area contributed by atoms with Gasteiger partial charge in [-0.2, -0.15) is 0 Å². The Hall–Kier alpha value is -5.58. The van der Waals surface area contributed by atoms with Gasteiger partial charge in [0.25, 0.3) is 15.9 Å². The second-order valence-corrected chi connectivity index (χ2v) is 21.0. The zero-order valence-electron chi connectivity index (χ0n) is 36.2. The zero-order valence-corrected chi connectivity index (χ0v) is 37.0. The number of nitro groups is 1. The summed E-state index contributed by atoms with van der Waals surface area (Å²) in [6, 6.07) is 19.5. The topological polar surface area (TPSA) is 196 Å². The van der Waals surface area contributed by atoms with E-state index >= 15 is 0 Å². The number of rotatable bonds is 13. The van der Waals surface area contributed by atoms with Gasteiger partial charge in [-0.1, -0.05) is 30.7 Å². The minimum absolute atomic E-state index is 0.0359. The van der Waals surface area contributed by atoms with E-state index in [0.29, 0.717) is 42.7 Å². The number of pyridine rings is 2. The van der Waals surface area contributed by atoms with Crippen LogP contribution in [0.25, 0.3) is 11.0 Å². The molecule has 2 saturated heterocycles. The van der Waals surface area contributed by atoms with Crippen molar-refractivity contribution in [2.45, 2.75) is 106 Å². The number of aromatic nitrogens is 3. The molecule has 10 rings (SSSR count). The molecular formula is C48H56N8O7S. The van der Waals surface area contributed by atoms with Gasteiger partial charge in [-0.15, -0.1) is 0 Å². The highest BCUT2D eigenvalue weighted by Gasteiger charge is 2.50. The number of aliphatic hydroxyl groups is 1. The summed E-state index contributed by atoms with van der Waals surface area (Å²) in [4.78, 5) is 41.5. The summed E-state index contributed by atoms with van der Waals surface area (Å²) >= 11 is 0. The number of anilines is 2. The van der Waals surface area contributed by atoms with Crippen LogP contribution in [0.2, 0.25) is 0 Å². The minimum atomic E-state index is -4.62. The molecule has 0 radical (unpaired) electrons. The molecule has 1 amide bonds. The number of hydrogen-bond donors (Lipinski definition) is 4. The van der Waals surface area contributed by atoms with Crippen molar-refractivity contribution in [1.82, 2.24) is 24.6 Å². The minimum Gasteiger partial charge on any atom is -0.455 e. The van der Waals surface area contributed by atoms with Crippen LogP contribution in [0, 0.1) is 21.4 Å². The number of ether oxygens (including phenoxy) is 1. The summed E-state index contributed by atoms with van der Waals surface area (Å²) in [6.07, 6.45) is 15.6. The lowest BCUT2D eigenvalue weighted by Crippen LogP contribution is -2.63. The predicted octanol–water partition coefficient (Wildman–Crippen LogP) is 8.25. The van der Waals surface area contributed by atoms with Gasteiger partial charge in [-0.3, -0.25) is 19.8 Å². The van der Waals surface area contributed by atoms with Gasteiger partial charge in [0.15, 0.2) is 0 Å². The van der Waals surface area contributed by atoms with Gasteiger partial charge in [0.2, 0.25) is 5.82 Å². The lowest BCUT2D eigenvalue weighted by molar-refractivity contribution is -0.384. The number of amides is 1. The lowest BCUT2D eigenvalue weighted by atomic mass is 9.70. The molecule has 3 saturated carbocycles. The molecule has 2 aromatic carbocycles. The van der Waals surface area contributed by atoms with Crippen LogP contribution in [0.1, 0.15) is 111 Å². The van der Waals surface area contributed by atoms with Gasteiger partial charge in [-0.25, -0.2) is 23.1 Å². The largest absolute Gasteiger partial charge is 0.455 e. The maximum atomic E-state index is 14.0. The smallest absolute Gasteiger partial charge is 0.312 e. The van der Waals surface area contributed by atoms with Crippen molar-refractivity contribution < 1.29 is 28.0 Å². The van der Waals surface area contributed by atoms with E-state index in [-0.39, 0.29) is 28.5 Å². The first-order valence-corrected chi connectivity index (χ1v) is 24.3. The average Bonchev–Trinajstić information content (AvgIpc) is 3.82. The molecule has 0 bridgehead atoms. The van der Waals surface area contributed by atoms with E-state index in [1.807, 2.05) is 12.1 Å². The molecule has 4 N–H and O–H groups in total. The van der Waals surface area contributed by atoms with Crippen molar-refractivity contribution in [1.29, 1.82) is 0 Å². The molecule has 3 aromatic heterocycles. The standard InChI is InChI=1S/C48H56N8O7S/c1-47(58)16-13-31(14-17-47)26-50-45-42(56(59)60)25-36(28-52-45)64(61,62)53-46(57)40-12-11-34(24-43(40)63-35-23-33-15-20-49-44(33)51-27-35)54-21-18-48(19-22-54)29-55(30-48)41-8-4-7-39(41)38-6-3-2-5-37(38)32-9-10-32/h2-3,5-6,11-12,15,20,23-25,27-28,31-32,39,41,58H,4,7-10,13-14,16-19,21-22,26,29-30H2,1H3,(H,49,51)(H,50,52)(H,53,57)/t31-,39-,41-,47-/m0/s1. The molecule has 336 valence electrons. The van der Waals surface area contributed by atoms with Crippen LogP contribution in [-0.2, 0) is 10.0 Å². The summed E-state index contributed by atoms with van der Waals surface area (Å²) in [5.41, 5.74) is 3.68. The van der Waals surface area contributed by atoms with Crippen molar-refractivity contribution in [2.75, 3.05) is 42.9 Å². The third-order valence-electron chi connectivity index (χ3n) is 14.8. The SMILES string of the molecule is C[C@]1(O)CC[C@H](CNc2ncc(S(=O)(=O)NC(=O)c3ccc(N4CCC5(CC4)CN([C@H]4CCC[C@H]4c4ccccc4C4CC4)C5)cc3Oc3cnc4[nH]ccc4c3)cc2[N+](=O)[O-])CC1. The fourth-order valence-electron chi connectivity index (χ4n) is 10.9. The van der Waals surface area contributed by atoms with Crippen LogP contribution in [0.3, 0.4) is 0 Å². The average molecular weight is 889 g/mol. The van der Waals surface area contributed by atoms with Crippen molar-refractivity contribution in [3.05, 3.63) is 106 Å². The van der Waals surface area contributed by atoms with Gasteiger partial charge >= 0.3 is 5.69 Å². The first-order valence-electron chi connectivity index (χ1n) is 22.8. The van der Waals surface area contributed by atoms with Crippen LogP contribution >= 0.6 is 0 Å². The number of piperidine rings is 1. The molecule has 15 nitrogen and oxygen atoms in total. The number of aromatic amines is 1. The molecule has 5 aromatic rings. The molecule has 5 heterocycles. The van der Waals surface area contributed by atoms with Crippen molar-refractivity contribution in [2.24, 2.45) is 11.3 Å². The summed E-state index contributed by atoms with van der Waals surface area (Å²) in [5, 5.41) is 26.2. The molecule has 5 fully saturated rings. The Morgan fingerprint density at radius 1 is 0.953 bits per heavy atom. The normalized spacial score (nSPS) is 24.7. The third kappa shape index (κ3) is 8.66. The quantitative estimate of drug-likeness (QED) is 0.0654. The van der Waals surface area contributed by atoms with Gasteiger partial charge in [0.05, 0.1) is 28.5 Å². The number of carbonyl (C=O) groups excluding carboxylic acids is 1. The van der Waals surface area contributed by atoms with E-state index in [4.69, 9.17) is 4.74 Å². The van der Waals surface area contributed by atoms with E-state index in [0.717, 1.165) is 81.1 Å². The Bertz CT molecular complexity index is 2670. The van der Waals surface area contributed by atoms with E-state index < -0.39 is 37.0 Å². The van der Waals surface area contributed by atoms with Gasteiger partial charge < -0.3 is 25.0 Å². The van der Waals surface area contributed by atoms with Crippen LogP contribution in [0.15, 0.2) is 84.1 Å². The molecule has 64 heavy (non-hydrogen) atoms. The van der Waals surface area contributed by atoms with Gasteiger partial charge in [0, 0.05) is 68.2 Å².